The Hall–Kier alpha value is -0.800. The van der Waals surface area contributed by atoms with Crippen LogP contribution in [0.4, 0.5) is 0 Å². The van der Waals surface area contributed by atoms with Gasteiger partial charge in [-0.2, -0.15) is 0 Å². The zero-order valence-corrected chi connectivity index (χ0v) is 9.33. The molecule has 0 amide bonds. The number of hydrogen-bond donors (Lipinski definition) is 2. The van der Waals surface area contributed by atoms with Crippen molar-refractivity contribution >= 4 is 0 Å². The Labute approximate surface area is 91.0 Å². The summed E-state index contributed by atoms with van der Waals surface area (Å²) in [6.07, 6.45) is 9.98. The molecule has 1 atom stereocenters. The van der Waals surface area contributed by atoms with Gasteiger partial charge in [0.15, 0.2) is 0 Å². The minimum atomic E-state index is 0.219. The van der Waals surface area contributed by atoms with Crippen LogP contribution in [0.25, 0.3) is 0 Å². The van der Waals surface area contributed by atoms with Crippen LogP contribution in [0, 0.1) is 5.41 Å². The van der Waals surface area contributed by atoms with Crippen molar-refractivity contribution in [3.8, 4) is 0 Å². The molecule has 0 radical (unpaired) electrons. The van der Waals surface area contributed by atoms with Crippen LogP contribution in [0.1, 0.15) is 50.6 Å². The second-order valence-corrected chi connectivity index (χ2v) is 4.87. The molecule has 1 aliphatic carbocycles. The van der Waals surface area contributed by atoms with Crippen molar-refractivity contribution in [2.24, 2.45) is 11.3 Å². The maximum Gasteiger partial charge on any atom is 0.0951 e. The lowest BCUT2D eigenvalue weighted by atomic mass is 9.69. The molecule has 1 saturated carbocycles. The molecule has 2 rings (SSSR count). The van der Waals surface area contributed by atoms with Crippen LogP contribution < -0.4 is 11.3 Å². The first-order valence-corrected chi connectivity index (χ1v) is 5.74. The molecule has 0 spiro atoms. The van der Waals surface area contributed by atoms with Crippen molar-refractivity contribution in [1.29, 1.82) is 0 Å². The summed E-state index contributed by atoms with van der Waals surface area (Å²) in [6, 6.07) is 2.22. The lowest BCUT2D eigenvalue weighted by molar-refractivity contribution is 0.144. The minimum Gasteiger partial charge on any atom is -0.472 e. The highest BCUT2D eigenvalue weighted by Crippen LogP contribution is 2.45. The van der Waals surface area contributed by atoms with E-state index >= 15 is 0 Å². The Balaban J connectivity index is 2.18. The van der Waals surface area contributed by atoms with E-state index in [1.807, 2.05) is 6.07 Å². The van der Waals surface area contributed by atoms with E-state index in [0.29, 0.717) is 0 Å². The number of nitrogens with two attached hydrogens (primary N) is 1. The van der Waals surface area contributed by atoms with Gasteiger partial charge in [-0.15, -0.1) is 0 Å². The van der Waals surface area contributed by atoms with E-state index in [-0.39, 0.29) is 11.5 Å². The number of hydrogen-bond acceptors (Lipinski definition) is 3. The highest BCUT2D eigenvalue weighted by atomic mass is 16.3. The summed E-state index contributed by atoms with van der Waals surface area (Å²) in [5, 5.41) is 0. The average molecular weight is 208 g/mol. The van der Waals surface area contributed by atoms with Crippen molar-refractivity contribution < 1.29 is 4.42 Å². The first kappa shape index (κ1) is 10.7. The number of rotatable bonds is 3. The Kier molecular flexibility index (Phi) is 3.12. The maximum atomic E-state index is 5.69. The summed E-state index contributed by atoms with van der Waals surface area (Å²) in [7, 11) is 0. The SMILES string of the molecule is CC1(C(NN)c2ccoc2)CCCCC1. The zero-order chi connectivity index (χ0) is 10.7. The van der Waals surface area contributed by atoms with Gasteiger partial charge < -0.3 is 4.42 Å². The monoisotopic (exact) mass is 208 g/mol. The third-order valence-corrected chi connectivity index (χ3v) is 3.74. The molecule has 3 heteroatoms. The molecule has 15 heavy (non-hydrogen) atoms. The molecule has 1 aliphatic rings. The van der Waals surface area contributed by atoms with E-state index in [1.165, 1.54) is 37.7 Å². The molecule has 0 bridgehead atoms. The smallest absolute Gasteiger partial charge is 0.0951 e. The van der Waals surface area contributed by atoms with Crippen molar-refractivity contribution in [3.05, 3.63) is 24.2 Å². The Morgan fingerprint density at radius 3 is 2.67 bits per heavy atom. The first-order valence-electron chi connectivity index (χ1n) is 5.74. The second kappa shape index (κ2) is 4.37. The van der Waals surface area contributed by atoms with Crippen LogP contribution in [0.3, 0.4) is 0 Å². The molecular formula is C12H20N2O. The fourth-order valence-corrected chi connectivity index (χ4v) is 2.79. The van der Waals surface area contributed by atoms with Crippen molar-refractivity contribution in [2.45, 2.75) is 45.1 Å². The van der Waals surface area contributed by atoms with Crippen LogP contribution in [-0.4, -0.2) is 0 Å². The van der Waals surface area contributed by atoms with Crippen LogP contribution in [0.5, 0.6) is 0 Å². The normalized spacial score (nSPS) is 22.5. The molecule has 1 aromatic heterocycles. The summed E-state index contributed by atoms with van der Waals surface area (Å²) < 4.78 is 5.14. The van der Waals surface area contributed by atoms with Gasteiger partial charge in [-0.3, -0.25) is 11.3 Å². The van der Waals surface area contributed by atoms with Gasteiger partial charge in [0.1, 0.15) is 0 Å². The summed E-state index contributed by atoms with van der Waals surface area (Å²) in [6.45, 7) is 2.32. The fourth-order valence-electron chi connectivity index (χ4n) is 2.79. The standard InChI is InChI=1S/C12H20N2O/c1-12(6-3-2-4-7-12)11(14-13)10-5-8-15-9-10/h5,8-9,11,14H,2-4,6-7,13H2,1H3. The van der Waals surface area contributed by atoms with Gasteiger partial charge in [-0.1, -0.05) is 26.2 Å². The van der Waals surface area contributed by atoms with E-state index in [4.69, 9.17) is 10.3 Å². The summed E-state index contributed by atoms with van der Waals surface area (Å²) >= 11 is 0. The van der Waals surface area contributed by atoms with Gasteiger partial charge >= 0.3 is 0 Å². The molecule has 0 aromatic carbocycles. The van der Waals surface area contributed by atoms with E-state index in [2.05, 4.69) is 12.3 Å². The molecule has 1 heterocycles. The van der Waals surface area contributed by atoms with Crippen LogP contribution in [-0.2, 0) is 0 Å². The van der Waals surface area contributed by atoms with Gasteiger partial charge in [-0.25, -0.2) is 0 Å². The highest BCUT2D eigenvalue weighted by molar-refractivity contribution is 5.15. The lowest BCUT2D eigenvalue weighted by Crippen LogP contribution is -2.40. The molecule has 1 fully saturated rings. The Bertz CT molecular complexity index is 289. The van der Waals surface area contributed by atoms with Crippen LogP contribution in [0.15, 0.2) is 23.0 Å². The predicted octanol–water partition coefficient (Wildman–Crippen LogP) is 2.75. The molecule has 84 valence electrons. The molecular weight excluding hydrogens is 188 g/mol. The lowest BCUT2D eigenvalue weighted by Gasteiger charge is -2.40. The molecule has 1 unspecified atom stereocenters. The number of furan rings is 1. The predicted molar refractivity (Wildman–Crippen MR) is 60.0 cm³/mol. The zero-order valence-electron chi connectivity index (χ0n) is 9.33. The Morgan fingerprint density at radius 2 is 2.13 bits per heavy atom. The molecule has 3 N–H and O–H groups in total. The maximum absolute atomic E-state index is 5.69. The molecule has 1 aromatic rings. The highest BCUT2D eigenvalue weighted by Gasteiger charge is 2.36. The third-order valence-electron chi connectivity index (χ3n) is 3.74. The summed E-state index contributed by atoms with van der Waals surface area (Å²) in [5.74, 6) is 5.69. The van der Waals surface area contributed by atoms with E-state index in [1.54, 1.807) is 12.5 Å². The molecule has 0 saturated heterocycles. The van der Waals surface area contributed by atoms with Crippen LogP contribution in [0.2, 0.25) is 0 Å². The van der Waals surface area contributed by atoms with Crippen LogP contribution >= 0.6 is 0 Å². The van der Waals surface area contributed by atoms with Gasteiger partial charge in [0.2, 0.25) is 0 Å². The van der Waals surface area contributed by atoms with Gasteiger partial charge in [0.25, 0.3) is 0 Å². The molecule has 3 nitrogen and oxygen atoms in total. The number of hydrazine groups is 1. The summed E-state index contributed by atoms with van der Waals surface area (Å²) in [4.78, 5) is 0. The van der Waals surface area contributed by atoms with E-state index in [0.717, 1.165) is 0 Å². The molecule has 0 aliphatic heterocycles. The van der Waals surface area contributed by atoms with Gasteiger partial charge in [0, 0.05) is 5.56 Å². The fraction of sp³-hybridized carbons (Fsp3) is 0.667. The topological polar surface area (TPSA) is 51.2 Å². The summed E-state index contributed by atoms with van der Waals surface area (Å²) in [5.41, 5.74) is 4.40. The largest absolute Gasteiger partial charge is 0.472 e. The minimum absolute atomic E-state index is 0.219. The average Bonchev–Trinajstić information content (AvgIpc) is 2.73. The van der Waals surface area contributed by atoms with Crippen molar-refractivity contribution in [3.63, 3.8) is 0 Å². The van der Waals surface area contributed by atoms with E-state index < -0.39 is 0 Å². The van der Waals surface area contributed by atoms with Gasteiger partial charge in [-0.05, 0) is 24.3 Å². The third kappa shape index (κ3) is 2.08. The van der Waals surface area contributed by atoms with E-state index in [9.17, 15) is 0 Å². The Morgan fingerprint density at radius 1 is 1.40 bits per heavy atom. The van der Waals surface area contributed by atoms with Crippen molar-refractivity contribution in [2.75, 3.05) is 0 Å². The first-order chi connectivity index (χ1) is 7.26. The number of nitrogens with one attached hydrogen (secondary N) is 1. The van der Waals surface area contributed by atoms with Crippen molar-refractivity contribution in [1.82, 2.24) is 5.43 Å². The quantitative estimate of drug-likeness (QED) is 0.593. The second-order valence-electron chi connectivity index (χ2n) is 4.87. The van der Waals surface area contributed by atoms with Gasteiger partial charge in [0.05, 0.1) is 18.6 Å².